The number of ether oxygens (including phenoxy) is 3. The Morgan fingerprint density at radius 1 is 1.24 bits per heavy atom. The average Bonchev–Trinajstić information content (AvgIpc) is 3.12. The van der Waals surface area contributed by atoms with E-state index in [-0.39, 0.29) is 18.9 Å². The Morgan fingerprint density at radius 3 is 2.72 bits per heavy atom. The van der Waals surface area contributed by atoms with Crippen molar-refractivity contribution in [3.63, 3.8) is 0 Å². The first-order valence-electron chi connectivity index (χ1n) is 7.62. The second kappa shape index (κ2) is 7.41. The number of nitrogens with one attached hydrogen (secondary N) is 1. The van der Waals surface area contributed by atoms with Gasteiger partial charge in [0.05, 0.1) is 7.11 Å². The Kier molecular flexibility index (Phi) is 4.86. The van der Waals surface area contributed by atoms with Crippen LogP contribution in [0.25, 0.3) is 6.08 Å². The highest BCUT2D eigenvalue weighted by Gasteiger charge is 2.14. The summed E-state index contributed by atoms with van der Waals surface area (Å²) in [7, 11) is 1.58. The molecule has 0 saturated heterocycles. The lowest BCUT2D eigenvalue weighted by Gasteiger charge is -2.06. The number of hydrogen-bond donors (Lipinski definition) is 1. The van der Waals surface area contributed by atoms with E-state index in [0.717, 1.165) is 11.1 Å². The molecule has 3 rings (SSSR count). The first-order valence-corrected chi connectivity index (χ1v) is 7.62. The number of carbonyl (C=O) groups excluding carboxylic acids is 1. The van der Waals surface area contributed by atoms with Gasteiger partial charge >= 0.3 is 0 Å². The third-order valence-corrected chi connectivity index (χ3v) is 3.68. The molecule has 0 spiro atoms. The first kappa shape index (κ1) is 16.4. The summed E-state index contributed by atoms with van der Waals surface area (Å²) in [5, 5.41) is 12.0. The van der Waals surface area contributed by atoms with E-state index in [0.29, 0.717) is 17.2 Å². The molecule has 1 N–H and O–H groups in total. The maximum atomic E-state index is 12.2. The van der Waals surface area contributed by atoms with Crippen LogP contribution in [0.5, 0.6) is 17.2 Å². The highest BCUT2D eigenvalue weighted by Crippen LogP contribution is 2.32. The molecule has 1 aliphatic heterocycles. The van der Waals surface area contributed by atoms with E-state index in [2.05, 4.69) is 5.32 Å². The van der Waals surface area contributed by atoms with Gasteiger partial charge in [0, 0.05) is 6.54 Å². The molecule has 0 atom stereocenters. The standard InChI is InChI=1S/C19H16N2O4/c1-23-16-5-2-13(3-6-16)8-15(10-20)19(22)21-11-14-4-7-17-18(9-14)25-12-24-17/h2-9H,11-12H2,1H3,(H,21,22)/b15-8+. The predicted molar refractivity (Wildman–Crippen MR) is 91.0 cm³/mol. The maximum Gasteiger partial charge on any atom is 0.262 e. The van der Waals surface area contributed by atoms with Crippen LogP contribution in [-0.4, -0.2) is 19.8 Å². The molecule has 0 fully saturated rings. The van der Waals surface area contributed by atoms with E-state index in [4.69, 9.17) is 14.2 Å². The minimum atomic E-state index is -0.434. The molecule has 0 aromatic heterocycles. The topological polar surface area (TPSA) is 80.6 Å². The molecule has 0 unspecified atom stereocenters. The van der Waals surface area contributed by atoms with Crippen molar-refractivity contribution >= 4 is 12.0 Å². The van der Waals surface area contributed by atoms with Gasteiger partial charge in [0.25, 0.3) is 5.91 Å². The largest absolute Gasteiger partial charge is 0.497 e. The number of methoxy groups -OCH3 is 1. The van der Waals surface area contributed by atoms with E-state index in [1.165, 1.54) is 6.08 Å². The molecule has 1 heterocycles. The molecule has 0 radical (unpaired) electrons. The zero-order chi connectivity index (χ0) is 17.6. The number of carbonyl (C=O) groups is 1. The summed E-state index contributed by atoms with van der Waals surface area (Å²) in [5.74, 6) is 1.62. The lowest BCUT2D eigenvalue weighted by atomic mass is 10.1. The monoisotopic (exact) mass is 336 g/mol. The molecule has 25 heavy (non-hydrogen) atoms. The summed E-state index contributed by atoms with van der Waals surface area (Å²) < 4.78 is 15.6. The lowest BCUT2D eigenvalue weighted by molar-refractivity contribution is -0.117. The van der Waals surface area contributed by atoms with Gasteiger partial charge in [0.2, 0.25) is 6.79 Å². The predicted octanol–water partition coefficient (Wildman–Crippen LogP) is 2.65. The van der Waals surface area contributed by atoms with Crippen molar-refractivity contribution in [3.05, 3.63) is 59.2 Å². The molecular weight excluding hydrogens is 320 g/mol. The van der Waals surface area contributed by atoms with Crippen LogP contribution >= 0.6 is 0 Å². The van der Waals surface area contributed by atoms with Crippen molar-refractivity contribution < 1.29 is 19.0 Å². The van der Waals surface area contributed by atoms with Crippen LogP contribution in [-0.2, 0) is 11.3 Å². The average molecular weight is 336 g/mol. The van der Waals surface area contributed by atoms with E-state index in [1.54, 1.807) is 37.4 Å². The molecule has 6 nitrogen and oxygen atoms in total. The Bertz CT molecular complexity index is 851. The van der Waals surface area contributed by atoms with E-state index >= 15 is 0 Å². The Hall–Kier alpha value is -3.46. The number of amides is 1. The Morgan fingerprint density at radius 2 is 2.00 bits per heavy atom. The summed E-state index contributed by atoms with van der Waals surface area (Å²) in [5.41, 5.74) is 1.64. The lowest BCUT2D eigenvalue weighted by Crippen LogP contribution is -2.23. The van der Waals surface area contributed by atoms with Gasteiger partial charge in [0.15, 0.2) is 11.5 Å². The Balaban J connectivity index is 1.66. The molecule has 1 aliphatic rings. The van der Waals surface area contributed by atoms with Crippen LogP contribution < -0.4 is 19.5 Å². The normalized spacial score (nSPS) is 12.4. The van der Waals surface area contributed by atoms with Gasteiger partial charge in [-0.05, 0) is 41.5 Å². The molecule has 1 amide bonds. The summed E-state index contributed by atoms with van der Waals surface area (Å²) in [4.78, 5) is 12.2. The van der Waals surface area contributed by atoms with Crippen LogP contribution in [0.15, 0.2) is 48.0 Å². The molecule has 6 heteroatoms. The van der Waals surface area contributed by atoms with Crippen LogP contribution in [0.2, 0.25) is 0 Å². The molecule has 2 aromatic carbocycles. The van der Waals surface area contributed by atoms with E-state index < -0.39 is 5.91 Å². The highest BCUT2D eigenvalue weighted by atomic mass is 16.7. The zero-order valence-electron chi connectivity index (χ0n) is 13.6. The highest BCUT2D eigenvalue weighted by molar-refractivity contribution is 6.01. The van der Waals surface area contributed by atoms with E-state index in [1.807, 2.05) is 18.2 Å². The van der Waals surface area contributed by atoms with Crippen molar-refractivity contribution in [3.8, 4) is 23.3 Å². The van der Waals surface area contributed by atoms with Gasteiger partial charge in [-0.25, -0.2) is 0 Å². The van der Waals surface area contributed by atoms with Gasteiger partial charge in [-0.3, -0.25) is 4.79 Å². The fraction of sp³-hybridized carbons (Fsp3) is 0.158. The molecule has 126 valence electrons. The fourth-order valence-corrected chi connectivity index (χ4v) is 2.34. The van der Waals surface area contributed by atoms with Crippen molar-refractivity contribution in [1.29, 1.82) is 5.26 Å². The fourth-order valence-electron chi connectivity index (χ4n) is 2.34. The SMILES string of the molecule is COc1ccc(/C=C(\C#N)C(=O)NCc2ccc3c(c2)OCO3)cc1. The smallest absolute Gasteiger partial charge is 0.262 e. The summed E-state index contributed by atoms with van der Waals surface area (Å²) in [6.45, 7) is 0.491. The number of nitrogens with zero attached hydrogens (tertiary/aromatic N) is 1. The summed E-state index contributed by atoms with van der Waals surface area (Å²) in [6, 6.07) is 14.5. The van der Waals surface area contributed by atoms with Crippen LogP contribution in [0, 0.1) is 11.3 Å². The van der Waals surface area contributed by atoms with Gasteiger partial charge in [-0.1, -0.05) is 18.2 Å². The molecule has 0 aliphatic carbocycles. The van der Waals surface area contributed by atoms with Gasteiger partial charge in [0.1, 0.15) is 17.4 Å². The second-order valence-electron chi connectivity index (χ2n) is 5.31. The maximum absolute atomic E-state index is 12.2. The Labute approximate surface area is 145 Å². The number of fused-ring (bicyclic) bond motifs is 1. The third kappa shape index (κ3) is 3.90. The first-order chi connectivity index (χ1) is 12.2. The zero-order valence-corrected chi connectivity index (χ0v) is 13.6. The second-order valence-corrected chi connectivity index (χ2v) is 5.31. The van der Waals surface area contributed by atoms with Gasteiger partial charge < -0.3 is 19.5 Å². The molecule has 0 bridgehead atoms. The van der Waals surface area contributed by atoms with E-state index in [9.17, 15) is 10.1 Å². The summed E-state index contributed by atoms with van der Waals surface area (Å²) >= 11 is 0. The number of nitriles is 1. The number of benzene rings is 2. The van der Waals surface area contributed by atoms with Crippen molar-refractivity contribution in [1.82, 2.24) is 5.32 Å². The minimum absolute atomic E-state index is 0.0333. The van der Waals surface area contributed by atoms with Crippen molar-refractivity contribution in [2.45, 2.75) is 6.54 Å². The quantitative estimate of drug-likeness (QED) is 0.671. The van der Waals surface area contributed by atoms with Crippen LogP contribution in [0.3, 0.4) is 0 Å². The third-order valence-electron chi connectivity index (χ3n) is 3.68. The molecule has 0 saturated carbocycles. The van der Waals surface area contributed by atoms with Crippen LogP contribution in [0.1, 0.15) is 11.1 Å². The molecule has 2 aromatic rings. The van der Waals surface area contributed by atoms with Crippen LogP contribution in [0.4, 0.5) is 0 Å². The number of rotatable bonds is 5. The van der Waals surface area contributed by atoms with Gasteiger partial charge in [-0.2, -0.15) is 5.26 Å². The molecular formula is C19H16N2O4. The number of hydrogen-bond acceptors (Lipinski definition) is 5. The minimum Gasteiger partial charge on any atom is -0.497 e. The van der Waals surface area contributed by atoms with Crippen molar-refractivity contribution in [2.75, 3.05) is 13.9 Å². The summed E-state index contributed by atoms with van der Waals surface area (Å²) in [6.07, 6.45) is 1.54. The van der Waals surface area contributed by atoms with Crippen molar-refractivity contribution in [2.24, 2.45) is 0 Å². The van der Waals surface area contributed by atoms with Gasteiger partial charge in [-0.15, -0.1) is 0 Å².